The molecule has 0 bridgehead atoms. The molecule has 0 saturated carbocycles. The van der Waals surface area contributed by atoms with Gasteiger partial charge in [0.1, 0.15) is 11.3 Å². The summed E-state index contributed by atoms with van der Waals surface area (Å²) in [6, 6.07) is 3.95. The minimum absolute atomic E-state index is 0.0811. The highest BCUT2D eigenvalue weighted by molar-refractivity contribution is 5.95. The average Bonchev–Trinajstić information content (AvgIpc) is 3.22. The van der Waals surface area contributed by atoms with E-state index < -0.39 is 23.7 Å². The fourth-order valence-corrected chi connectivity index (χ4v) is 3.04. The molecule has 2 amide bonds. The van der Waals surface area contributed by atoms with Crippen LogP contribution in [0, 0.1) is 6.92 Å². The maximum atomic E-state index is 13.1. The highest BCUT2D eigenvalue weighted by atomic mass is 19.4. The number of benzene rings is 1. The minimum atomic E-state index is -4.50. The number of hydrogen-bond acceptors (Lipinski definition) is 4. The molecule has 3 rings (SSSR count). The topological polar surface area (TPSA) is 75.4 Å². The van der Waals surface area contributed by atoms with E-state index in [1.165, 1.54) is 18.3 Å². The van der Waals surface area contributed by atoms with Crippen LogP contribution in [0.4, 0.5) is 13.2 Å². The Kier molecular flexibility index (Phi) is 5.20. The van der Waals surface area contributed by atoms with E-state index in [1.54, 1.807) is 11.8 Å². The van der Waals surface area contributed by atoms with Gasteiger partial charge in [-0.2, -0.15) is 13.2 Å². The Labute approximate surface area is 153 Å². The van der Waals surface area contributed by atoms with E-state index >= 15 is 0 Å². The third-order valence-corrected chi connectivity index (χ3v) is 4.49. The summed E-state index contributed by atoms with van der Waals surface area (Å²) in [4.78, 5) is 26.0. The molecule has 1 atom stereocenters. The van der Waals surface area contributed by atoms with E-state index in [0.29, 0.717) is 25.1 Å². The van der Waals surface area contributed by atoms with Gasteiger partial charge in [0.15, 0.2) is 0 Å². The molecule has 1 fully saturated rings. The van der Waals surface area contributed by atoms with Crippen molar-refractivity contribution in [1.82, 2.24) is 15.4 Å². The van der Waals surface area contributed by atoms with E-state index in [4.69, 9.17) is 4.52 Å². The van der Waals surface area contributed by atoms with Crippen molar-refractivity contribution in [2.45, 2.75) is 32.0 Å². The molecule has 1 saturated heterocycles. The number of nitrogens with one attached hydrogen (secondary N) is 1. The smallest absolute Gasteiger partial charge is 0.361 e. The second-order valence-corrected chi connectivity index (χ2v) is 6.39. The zero-order valence-corrected chi connectivity index (χ0v) is 14.5. The van der Waals surface area contributed by atoms with Crippen molar-refractivity contribution in [1.29, 1.82) is 0 Å². The molecule has 1 aliphatic rings. The SMILES string of the molecule is Cc1oncc1C(=O)NC(CN1CCCC1=O)c1cccc(C(F)(F)F)c1. The van der Waals surface area contributed by atoms with Gasteiger partial charge in [-0.1, -0.05) is 17.3 Å². The number of rotatable bonds is 5. The Morgan fingerprint density at radius 2 is 2.19 bits per heavy atom. The van der Waals surface area contributed by atoms with E-state index in [9.17, 15) is 22.8 Å². The summed E-state index contributed by atoms with van der Waals surface area (Å²) in [7, 11) is 0. The summed E-state index contributed by atoms with van der Waals surface area (Å²) in [5.41, 5.74) is -0.347. The molecule has 0 radical (unpaired) electrons. The van der Waals surface area contributed by atoms with Gasteiger partial charge in [0.25, 0.3) is 5.91 Å². The Bertz CT molecular complexity index is 848. The zero-order valence-electron chi connectivity index (χ0n) is 14.5. The number of nitrogens with zero attached hydrogens (tertiary/aromatic N) is 2. The molecule has 1 unspecified atom stereocenters. The van der Waals surface area contributed by atoms with Gasteiger partial charge in [-0.05, 0) is 31.0 Å². The normalized spacial score (nSPS) is 15.9. The number of likely N-dealkylation sites (tertiary alicyclic amines) is 1. The molecule has 2 aromatic rings. The predicted molar refractivity (Wildman–Crippen MR) is 88.7 cm³/mol. The van der Waals surface area contributed by atoms with Gasteiger partial charge >= 0.3 is 6.18 Å². The van der Waals surface area contributed by atoms with E-state index in [-0.39, 0.29) is 23.6 Å². The van der Waals surface area contributed by atoms with E-state index in [1.807, 2.05) is 0 Å². The van der Waals surface area contributed by atoms with Crippen LogP contribution in [0.15, 0.2) is 35.0 Å². The first kappa shape index (κ1) is 18.9. The fraction of sp³-hybridized carbons (Fsp3) is 0.389. The van der Waals surface area contributed by atoms with Crippen molar-refractivity contribution >= 4 is 11.8 Å². The van der Waals surface area contributed by atoms with Gasteiger partial charge < -0.3 is 14.7 Å². The van der Waals surface area contributed by atoms with Crippen LogP contribution in [0.2, 0.25) is 0 Å². The lowest BCUT2D eigenvalue weighted by Gasteiger charge is -2.25. The second kappa shape index (κ2) is 7.42. The molecule has 1 N–H and O–H groups in total. The largest absolute Gasteiger partial charge is 0.416 e. The number of aryl methyl sites for hydroxylation is 1. The van der Waals surface area contributed by atoms with Crippen LogP contribution in [-0.2, 0) is 11.0 Å². The highest BCUT2D eigenvalue weighted by Crippen LogP contribution is 2.31. The van der Waals surface area contributed by atoms with E-state index in [0.717, 1.165) is 12.1 Å². The monoisotopic (exact) mass is 381 g/mol. The minimum Gasteiger partial charge on any atom is -0.361 e. The number of carbonyl (C=O) groups excluding carboxylic acids is 2. The van der Waals surface area contributed by atoms with Crippen molar-refractivity contribution < 1.29 is 27.3 Å². The van der Waals surface area contributed by atoms with Crippen LogP contribution in [0.25, 0.3) is 0 Å². The quantitative estimate of drug-likeness (QED) is 0.864. The molecule has 6 nitrogen and oxygen atoms in total. The van der Waals surface area contributed by atoms with Gasteiger partial charge in [0, 0.05) is 19.5 Å². The maximum absolute atomic E-state index is 13.1. The van der Waals surface area contributed by atoms with Gasteiger partial charge in [0.05, 0.1) is 17.8 Å². The van der Waals surface area contributed by atoms with E-state index in [2.05, 4.69) is 10.5 Å². The van der Waals surface area contributed by atoms with Crippen molar-refractivity contribution in [3.05, 3.63) is 52.9 Å². The molecule has 0 aliphatic carbocycles. The lowest BCUT2D eigenvalue weighted by molar-refractivity contribution is -0.137. The van der Waals surface area contributed by atoms with Crippen LogP contribution in [-0.4, -0.2) is 35.0 Å². The molecule has 9 heteroatoms. The third kappa shape index (κ3) is 4.29. The van der Waals surface area contributed by atoms with Crippen LogP contribution in [0.5, 0.6) is 0 Å². The van der Waals surface area contributed by atoms with Gasteiger partial charge in [-0.15, -0.1) is 0 Å². The lowest BCUT2D eigenvalue weighted by atomic mass is 10.0. The molecule has 144 valence electrons. The number of halogens is 3. The summed E-state index contributed by atoms with van der Waals surface area (Å²) in [5, 5.41) is 6.24. The number of alkyl halides is 3. The number of carbonyl (C=O) groups is 2. The maximum Gasteiger partial charge on any atom is 0.416 e. The summed E-state index contributed by atoms with van der Waals surface area (Å²) in [6.07, 6.45) is -2.17. The molecule has 1 aromatic heterocycles. The van der Waals surface area contributed by atoms with Crippen LogP contribution < -0.4 is 5.32 Å². The van der Waals surface area contributed by atoms with Gasteiger partial charge in [-0.25, -0.2) is 0 Å². The number of hydrogen-bond donors (Lipinski definition) is 1. The second-order valence-electron chi connectivity index (χ2n) is 6.39. The highest BCUT2D eigenvalue weighted by Gasteiger charge is 2.32. The first-order valence-corrected chi connectivity index (χ1v) is 8.43. The first-order valence-electron chi connectivity index (χ1n) is 8.43. The van der Waals surface area contributed by atoms with Crippen LogP contribution >= 0.6 is 0 Å². The summed E-state index contributed by atoms with van der Waals surface area (Å²) in [5.74, 6) is -0.308. The Hall–Kier alpha value is -2.84. The average molecular weight is 381 g/mol. The van der Waals surface area contributed by atoms with Gasteiger partial charge in [0.2, 0.25) is 5.91 Å². The summed E-state index contributed by atoms with van der Waals surface area (Å²) in [6.45, 7) is 2.16. The van der Waals surface area contributed by atoms with Crippen molar-refractivity contribution in [2.24, 2.45) is 0 Å². The van der Waals surface area contributed by atoms with Crippen molar-refractivity contribution in [2.75, 3.05) is 13.1 Å². The Morgan fingerprint density at radius 1 is 1.41 bits per heavy atom. The summed E-state index contributed by atoms with van der Waals surface area (Å²) < 4.78 is 44.1. The Balaban J connectivity index is 1.89. The molecular weight excluding hydrogens is 363 g/mol. The molecule has 27 heavy (non-hydrogen) atoms. The van der Waals surface area contributed by atoms with Gasteiger partial charge in [-0.3, -0.25) is 9.59 Å². The number of aromatic nitrogens is 1. The third-order valence-electron chi connectivity index (χ3n) is 4.49. The Morgan fingerprint density at radius 3 is 2.78 bits per heavy atom. The van der Waals surface area contributed by atoms with Crippen molar-refractivity contribution in [3.8, 4) is 0 Å². The molecule has 2 heterocycles. The summed E-state index contributed by atoms with van der Waals surface area (Å²) >= 11 is 0. The molecule has 1 aliphatic heterocycles. The number of amides is 2. The molecule has 1 aromatic carbocycles. The fourth-order valence-electron chi connectivity index (χ4n) is 3.04. The standard InChI is InChI=1S/C18H18F3N3O3/c1-11-14(9-22-27-11)17(26)23-15(10-24-7-3-6-16(24)25)12-4-2-5-13(8-12)18(19,20)21/h2,4-5,8-9,15H,3,6-7,10H2,1H3,(H,23,26). The predicted octanol–water partition coefficient (Wildman–Crippen LogP) is 3.10. The zero-order chi connectivity index (χ0) is 19.6. The van der Waals surface area contributed by atoms with Crippen LogP contribution in [0.3, 0.4) is 0 Å². The first-order chi connectivity index (χ1) is 12.8. The molecular formula is C18H18F3N3O3. The molecule has 0 spiro atoms. The van der Waals surface area contributed by atoms with Crippen LogP contribution in [0.1, 0.15) is 46.1 Å². The lowest BCUT2D eigenvalue weighted by Crippen LogP contribution is -2.38. The van der Waals surface area contributed by atoms with Crippen molar-refractivity contribution in [3.63, 3.8) is 0 Å².